The predicted molar refractivity (Wildman–Crippen MR) is 118 cm³/mol. The molecule has 30 heavy (non-hydrogen) atoms. The molecule has 3 heterocycles. The fourth-order valence-corrected chi connectivity index (χ4v) is 4.25. The molecular formula is C21H16N4O3S2. The Morgan fingerprint density at radius 2 is 1.90 bits per heavy atom. The minimum absolute atomic E-state index is 0.221. The van der Waals surface area contributed by atoms with E-state index in [4.69, 9.17) is 9.47 Å². The van der Waals surface area contributed by atoms with E-state index in [-0.39, 0.29) is 5.91 Å². The Morgan fingerprint density at radius 1 is 1.00 bits per heavy atom. The van der Waals surface area contributed by atoms with Gasteiger partial charge in [-0.1, -0.05) is 6.07 Å². The van der Waals surface area contributed by atoms with Crippen molar-refractivity contribution in [1.82, 2.24) is 9.97 Å². The van der Waals surface area contributed by atoms with Gasteiger partial charge in [0, 0.05) is 33.8 Å². The van der Waals surface area contributed by atoms with Crippen LogP contribution in [0.5, 0.6) is 11.5 Å². The first-order chi connectivity index (χ1) is 14.7. The number of benzene rings is 2. The number of aromatic nitrogens is 2. The fourth-order valence-electron chi connectivity index (χ4n) is 2.98. The molecule has 1 aliphatic heterocycles. The zero-order valence-electron chi connectivity index (χ0n) is 15.6. The lowest BCUT2D eigenvalue weighted by Gasteiger charge is -2.18. The van der Waals surface area contributed by atoms with Gasteiger partial charge in [0.1, 0.15) is 13.2 Å². The number of anilines is 3. The maximum atomic E-state index is 12.7. The van der Waals surface area contributed by atoms with Crippen LogP contribution in [-0.4, -0.2) is 29.1 Å². The highest BCUT2D eigenvalue weighted by molar-refractivity contribution is 7.14. The van der Waals surface area contributed by atoms with Gasteiger partial charge in [-0.15, -0.1) is 22.7 Å². The number of rotatable bonds is 5. The molecule has 5 rings (SSSR count). The summed E-state index contributed by atoms with van der Waals surface area (Å²) < 4.78 is 11.2. The largest absolute Gasteiger partial charge is 0.486 e. The maximum absolute atomic E-state index is 12.7. The average Bonchev–Trinajstić information content (AvgIpc) is 3.46. The molecule has 0 aliphatic carbocycles. The van der Waals surface area contributed by atoms with Crippen LogP contribution in [0.15, 0.2) is 59.4 Å². The van der Waals surface area contributed by atoms with Gasteiger partial charge < -0.3 is 14.8 Å². The van der Waals surface area contributed by atoms with E-state index in [1.54, 1.807) is 18.3 Å². The fraction of sp³-hybridized carbons (Fsp3) is 0.0952. The first-order valence-corrected chi connectivity index (χ1v) is 10.9. The lowest BCUT2D eigenvalue weighted by atomic mass is 10.1. The second kappa shape index (κ2) is 8.13. The molecule has 0 spiro atoms. The number of amides is 1. The molecule has 0 radical (unpaired) electrons. The summed E-state index contributed by atoms with van der Waals surface area (Å²) in [6.45, 7) is 1.09. The Labute approximate surface area is 180 Å². The van der Waals surface area contributed by atoms with E-state index in [0.29, 0.717) is 29.7 Å². The quantitative estimate of drug-likeness (QED) is 0.456. The van der Waals surface area contributed by atoms with Crippen molar-refractivity contribution in [3.63, 3.8) is 0 Å². The second-order valence-electron chi connectivity index (χ2n) is 6.39. The highest BCUT2D eigenvalue weighted by atomic mass is 32.1. The SMILES string of the molecule is O=C(Nc1nc(-c2ccc3c(c2)OCCO3)cs1)c1cccc(Nc2nccs2)c1. The Morgan fingerprint density at radius 3 is 2.77 bits per heavy atom. The van der Waals surface area contributed by atoms with E-state index in [1.165, 1.54) is 22.7 Å². The van der Waals surface area contributed by atoms with Gasteiger partial charge in [-0.3, -0.25) is 10.1 Å². The molecule has 2 N–H and O–H groups in total. The summed E-state index contributed by atoms with van der Waals surface area (Å²) in [4.78, 5) is 21.4. The highest BCUT2D eigenvalue weighted by Crippen LogP contribution is 2.35. The number of ether oxygens (including phenoxy) is 2. The van der Waals surface area contributed by atoms with E-state index in [1.807, 2.05) is 41.1 Å². The number of hydrogen-bond acceptors (Lipinski definition) is 8. The van der Waals surface area contributed by atoms with Crippen molar-refractivity contribution in [2.24, 2.45) is 0 Å². The van der Waals surface area contributed by atoms with E-state index in [2.05, 4.69) is 20.6 Å². The Balaban J connectivity index is 1.30. The molecule has 7 nitrogen and oxygen atoms in total. The van der Waals surface area contributed by atoms with Crippen LogP contribution < -0.4 is 20.1 Å². The summed E-state index contributed by atoms with van der Waals surface area (Å²) in [7, 11) is 0. The van der Waals surface area contributed by atoms with Crippen molar-refractivity contribution in [3.8, 4) is 22.8 Å². The van der Waals surface area contributed by atoms with Gasteiger partial charge in [0.2, 0.25) is 0 Å². The predicted octanol–water partition coefficient (Wildman–Crippen LogP) is 5.03. The van der Waals surface area contributed by atoms with Crippen LogP contribution in [0.3, 0.4) is 0 Å². The lowest BCUT2D eigenvalue weighted by Crippen LogP contribution is -2.15. The highest BCUT2D eigenvalue weighted by Gasteiger charge is 2.15. The van der Waals surface area contributed by atoms with Crippen molar-refractivity contribution >= 4 is 44.5 Å². The zero-order chi connectivity index (χ0) is 20.3. The van der Waals surface area contributed by atoms with Crippen molar-refractivity contribution in [3.05, 3.63) is 65.0 Å². The van der Waals surface area contributed by atoms with E-state index >= 15 is 0 Å². The van der Waals surface area contributed by atoms with Gasteiger partial charge in [-0.2, -0.15) is 0 Å². The number of nitrogens with one attached hydrogen (secondary N) is 2. The summed E-state index contributed by atoms with van der Waals surface area (Å²) in [5.74, 6) is 1.22. The molecule has 0 fully saturated rings. The summed E-state index contributed by atoms with van der Waals surface area (Å²) in [6.07, 6.45) is 1.73. The van der Waals surface area contributed by atoms with Crippen LogP contribution in [0.2, 0.25) is 0 Å². The first-order valence-electron chi connectivity index (χ1n) is 9.18. The van der Waals surface area contributed by atoms with Crippen LogP contribution in [0.25, 0.3) is 11.3 Å². The van der Waals surface area contributed by atoms with Gasteiger partial charge >= 0.3 is 0 Å². The number of carbonyl (C=O) groups is 1. The number of nitrogens with zero attached hydrogens (tertiary/aromatic N) is 2. The molecule has 2 aromatic carbocycles. The average molecular weight is 437 g/mol. The molecule has 0 saturated carbocycles. The zero-order valence-corrected chi connectivity index (χ0v) is 17.3. The van der Waals surface area contributed by atoms with Crippen LogP contribution >= 0.6 is 22.7 Å². The third kappa shape index (κ3) is 3.98. The van der Waals surface area contributed by atoms with Crippen LogP contribution in [0.4, 0.5) is 16.0 Å². The minimum Gasteiger partial charge on any atom is -0.486 e. The van der Waals surface area contributed by atoms with Crippen molar-refractivity contribution < 1.29 is 14.3 Å². The number of fused-ring (bicyclic) bond motifs is 1. The molecule has 2 aromatic heterocycles. The van der Waals surface area contributed by atoms with E-state index < -0.39 is 0 Å². The second-order valence-corrected chi connectivity index (χ2v) is 8.15. The third-order valence-electron chi connectivity index (χ3n) is 4.37. The maximum Gasteiger partial charge on any atom is 0.257 e. The third-order valence-corrected chi connectivity index (χ3v) is 5.82. The van der Waals surface area contributed by atoms with Crippen molar-refractivity contribution in [1.29, 1.82) is 0 Å². The smallest absolute Gasteiger partial charge is 0.257 e. The molecule has 0 atom stereocenters. The van der Waals surface area contributed by atoms with Crippen molar-refractivity contribution in [2.75, 3.05) is 23.8 Å². The Hall–Kier alpha value is -3.43. The summed E-state index contributed by atoms with van der Waals surface area (Å²) >= 11 is 2.87. The van der Waals surface area contributed by atoms with Crippen LogP contribution in [0, 0.1) is 0 Å². The standard InChI is InChI=1S/C21H16N4O3S2/c26-19(14-2-1-3-15(10-14)23-20-22-6-9-29-20)25-21-24-16(12-30-21)13-4-5-17-18(11-13)28-8-7-27-17/h1-6,9-12H,7-8H2,(H,22,23)(H,24,25,26). The molecule has 1 aliphatic rings. The van der Waals surface area contributed by atoms with E-state index in [0.717, 1.165) is 27.8 Å². The molecule has 0 bridgehead atoms. The molecular weight excluding hydrogens is 420 g/mol. The van der Waals surface area contributed by atoms with Gasteiger partial charge in [0.25, 0.3) is 5.91 Å². The Bertz CT molecular complexity index is 1190. The van der Waals surface area contributed by atoms with Gasteiger partial charge in [0.15, 0.2) is 21.8 Å². The van der Waals surface area contributed by atoms with Gasteiger partial charge in [-0.05, 0) is 36.4 Å². The van der Waals surface area contributed by atoms with Crippen LogP contribution in [0.1, 0.15) is 10.4 Å². The Kier molecular flexibility index (Phi) is 5.04. The van der Waals surface area contributed by atoms with Gasteiger partial charge in [-0.25, -0.2) is 9.97 Å². The number of carbonyl (C=O) groups excluding carboxylic acids is 1. The number of hydrogen-bond donors (Lipinski definition) is 2. The molecule has 0 unspecified atom stereocenters. The normalized spacial score (nSPS) is 12.4. The molecule has 150 valence electrons. The van der Waals surface area contributed by atoms with E-state index in [9.17, 15) is 4.79 Å². The lowest BCUT2D eigenvalue weighted by molar-refractivity contribution is 0.102. The topological polar surface area (TPSA) is 85.4 Å². The summed E-state index contributed by atoms with van der Waals surface area (Å²) in [5, 5.41) is 11.2. The molecule has 9 heteroatoms. The summed E-state index contributed by atoms with van der Waals surface area (Å²) in [5.41, 5.74) is 3.01. The number of thiazole rings is 2. The molecule has 0 saturated heterocycles. The van der Waals surface area contributed by atoms with Crippen molar-refractivity contribution in [2.45, 2.75) is 0 Å². The molecule has 4 aromatic rings. The summed E-state index contributed by atoms with van der Waals surface area (Å²) in [6, 6.07) is 13.0. The molecule has 1 amide bonds. The van der Waals surface area contributed by atoms with Gasteiger partial charge in [0.05, 0.1) is 5.69 Å². The first kappa shape index (κ1) is 18.6. The monoisotopic (exact) mass is 436 g/mol. The minimum atomic E-state index is -0.221. The van der Waals surface area contributed by atoms with Crippen LogP contribution in [-0.2, 0) is 0 Å².